The van der Waals surface area contributed by atoms with Crippen LogP contribution in [0.1, 0.15) is 5.56 Å². The molecule has 104 valence electrons. The van der Waals surface area contributed by atoms with Crippen LogP contribution in [0, 0.1) is 15.9 Å². The van der Waals surface area contributed by atoms with Crippen molar-refractivity contribution in [3.05, 3.63) is 57.9 Å². The molecule has 0 unspecified atom stereocenters. The lowest BCUT2D eigenvalue weighted by molar-refractivity contribution is -0.384. The van der Waals surface area contributed by atoms with E-state index in [-0.39, 0.29) is 23.7 Å². The first kappa shape index (κ1) is 13.6. The van der Waals surface area contributed by atoms with Crippen LogP contribution in [-0.4, -0.2) is 15.1 Å². The van der Waals surface area contributed by atoms with E-state index in [0.717, 1.165) is 12.1 Å². The number of nitro benzene ring substituents is 1. The highest BCUT2D eigenvalue weighted by Crippen LogP contribution is 2.30. The maximum absolute atomic E-state index is 13.0. The third-order valence-electron chi connectivity index (χ3n) is 2.72. The normalized spacial score (nSPS) is 10.2. The molecule has 0 heterocycles. The molecule has 0 spiro atoms. The van der Waals surface area contributed by atoms with Crippen molar-refractivity contribution in [2.75, 3.05) is 5.32 Å². The van der Waals surface area contributed by atoms with E-state index in [4.69, 9.17) is 0 Å². The predicted octanol–water partition coefficient (Wildman–Crippen LogP) is 2.76. The molecule has 7 heteroatoms. The standard InChI is InChI=1S/C13H11FN2O4/c14-9-4-5-10(11(6-9)16(19)20)15-7-8-2-1-3-12(17)13(8)18/h1-6,15,17-18H,7H2. The lowest BCUT2D eigenvalue weighted by atomic mass is 10.1. The van der Waals surface area contributed by atoms with E-state index in [2.05, 4.69) is 5.32 Å². The van der Waals surface area contributed by atoms with Crippen molar-refractivity contribution >= 4 is 11.4 Å². The molecule has 20 heavy (non-hydrogen) atoms. The molecule has 0 radical (unpaired) electrons. The molecule has 6 nitrogen and oxygen atoms in total. The predicted molar refractivity (Wildman–Crippen MR) is 70.2 cm³/mol. The number of anilines is 1. The van der Waals surface area contributed by atoms with Gasteiger partial charge in [0.25, 0.3) is 5.69 Å². The molecule has 0 saturated carbocycles. The molecule has 0 aliphatic carbocycles. The van der Waals surface area contributed by atoms with Gasteiger partial charge in [-0.25, -0.2) is 4.39 Å². The molecule has 0 fully saturated rings. The van der Waals surface area contributed by atoms with Crippen LogP contribution in [0.2, 0.25) is 0 Å². The van der Waals surface area contributed by atoms with Gasteiger partial charge in [0, 0.05) is 12.1 Å². The van der Waals surface area contributed by atoms with Crippen LogP contribution in [0.3, 0.4) is 0 Å². The average Bonchev–Trinajstić information content (AvgIpc) is 2.41. The van der Waals surface area contributed by atoms with Crippen molar-refractivity contribution in [1.29, 1.82) is 0 Å². The van der Waals surface area contributed by atoms with Crippen molar-refractivity contribution in [2.24, 2.45) is 0 Å². The van der Waals surface area contributed by atoms with Crippen LogP contribution in [0.5, 0.6) is 11.5 Å². The summed E-state index contributed by atoms with van der Waals surface area (Å²) in [4.78, 5) is 10.1. The Morgan fingerprint density at radius 2 is 2.00 bits per heavy atom. The number of aromatic hydroxyl groups is 2. The Kier molecular flexibility index (Phi) is 3.69. The third kappa shape index (κ3) is 2.77. The highest BCUT2D eigenvalue weighted by molar-refractivity contribution is 5.62. The first-order chi connectivity index (χ1) is 9.49. The minimum atomic E-state index is -0.706. The fourth-order valence-electron chi connectivity index (χ4n) is 1.72. The largest absolute Gasteiger partial charge is 0.504 e. The quantitative estimate of drug-likeness (QED) is 0.454. The molecular weight excluding hydrogens is 267 g/mol. The van der Waals surface area contributed by atoms with E-state index in [0.29, 0.717) is 5.56 Å². The van der Waals surface area contributed by atoms with Crippen molar-refractivity contribution < 1.29 is 19.5 Å². The summed E-state index contributed by atoms with van der Waals surface area (Å²) in [6.45, 7) is 0.0483. The molecule has 2 aromatic rings. The number of benzene rings is 2. The van der Waals surface area contributed by atoms with Gasteiger partial charge in [-0.05, 0) is 18.2 Å². The fourth-order valence-corrected chi connectivity index (χ4v) is 1.72. The van der Waals surface area contributed by atoms with Crippen molar-refractivity contribution in [3.63, 3.8) is 0 Å². The van der Waals surface area contributed by atoms with Crippen LogP contribution >= 0.6 is 0 Å². The molecule has 0 saturated heterocycles. The van der Waals surface area contributed by atoms with Gasteiger partial charge in [-0.3, -0.25) is 10.1 Å². The Morgan fingerprint density at radius 3 is 2.70 bits per heavy atom. The van der Waals surface area contributed by atoms with E-state index < -0.39 is 16.4 Å². The van der Waals surface area contributed by atoms with Crippen LogP contribution in [-0.2, 0) is 6.54 Å². The molecule has 2 aromatic carbocycles. The van der Waals surface area contributed by atoms with Gasteiger partial charge in [-0.2, -0.15) is 0 Å². The summed E-state index contributed by atoms with van der Waals surface area (Å²) in [5.41, 5.74) is 0.0902. The SMILES string of the molecule is O=[N+]([O-])c1cc(F)ccc1NCc1cccc(O)c1O. The number of hydrogen-bond acceptors (Lipinski definition) is 5. The summed E-state index contributed by atoms with van der Waals surface area (Å²) in [7, 11) is 0. The molecule has 0 aliphatic heterocycles. The van der Waals surface area contributed by atoms with E-state index in [1.165, 1.54) is 18.2 Å². The van der Waals surface area contributed by atoms with E-state index in [1.807, 2.05) is 0 Å². The number of nitrogens with one attached hydrogen (secondary N) is 1. The zero-order chi connectivity index (χ0) is 14.7. The lowest BCUT2D eigenvalue weighted by Gasteiger charge is -2.09. The van der Waals surface area contributed by atoms with E-state index in [9.17, 15) is 24.7 Å². The monoisotopic (exact) mass is 278 g/mol. The third-order valence-corrected chi connectivity index (χ3v) is 2.72. The number of rotatable bonds is 4. The minimum Gasteiger partial charge on any atom is -0.504 e. The number of phenolic OH excluding ortho intramolecular Hbond substituents is 2. The second kappa shape index (κ2) is 5.43. The lowest BCUT2D eigenvalue weighted by Crippen LogP contribution is -2.03. The van der Waals surface area contributed by atoms with Gasteiger partial charge in [0.15, 0.2) is 11.5 Å². The van der Waals surface area contributed by atoms with Crippen LogP contribution < -0.4 is 5.32 Å². The first-order valence-electron chi connectivity index (χ1n) is 5.66. The molecule has 2 rings (SSSR count). The Labute approximate surface area is 113 Å². The molecule has 0 aromatic heterocycles. The van der Waals surface area contributed by atoms with Gasteiger partial charge in [0.1, 0.15) is 11.5 Å². The second-order valence-electron chi connectivity index (χ2n) is 4.06. The molecule has 0 atom stereocenters. The maximum atomic E-state index is 13.0. The Balaban J connectivity index is 2.23. The second-order valence-corrected chi connectivity index (χ2v) is 4.06. The van der Waals surface area contributed by atoms with Crippen molar-refractivity contribution in [2.45, 2.75) is 6.54 Å². The Morgan fingerprint density at radius 1 is 1.25 bits per heavy atom. The minimum absolute atomic E-state index is 0.0483. The summed E-state index contributed by atoms with van der Waals surface area (Å²) in [6, 6.07) is 7.55. The topological polar surface area (TPSA) is 95.6 Å². The summed E-state index contributed by atoms with van der Waals surface area (Å²) >= 11 is 0. The summed E-state index contributed by atoms with van der Waals surface area (Å²) in [5, 5.41) is 32.5. The highest BCUT2D eigenvalue weighted by atomic mass is 19.1. The van der Waals surface area contributed by atoms with Gasteiger partial charge >= 0.3 is 0 Å². The Hall–Kier alpha value is -2.83. The van der Waals surface area contributed by atoms with Crippen LogP contribution in [0.15, 0.2) is 36.4 Å². The highest BCUT2D eigenvalue weighted by Gasteiger charge is 2.15. The Bertz CT molecular complexity index is 661. The zero-order valence-electron chi connectivity index (χ0n) is 10.2. The van der Waals surface area contributed by atoms with Crippen molar-refractivity contribution in [1.82, 2.24) is 0 Å². The molecule has 3 N–H and O–H groups in total. The summed E-state index contributed by atoms with van der Waals surface area (Å²) in [6.07, 6.45) is 0. The van der Waals surface area contributed by atoms with Gasteiger partial charge in [-0.1, -0.05) is 12.1 Å². The van der Waals surface area contributed by atoms with Gasteiger partial charge < -0.3 is 15.5 Å². The van der Waals surface area contributed by atoms with Gasteiger partial charge in [0.05, 0.1) is 11.0 Å². The van der Waals surface area contributed by atoms with Gasteiger partial charge in [-0.15, -0.1) is 0 Å². The molecular formula is C13H11FN2O4. The van der Waals surface area contributed by atoms with Gasteiger partial charge in [0.2, 0.25) is 0 Å². The average molecular weight is 278 g/mol. The summed E-state index contributed by atoms with van der Waals surface area (Å²) < 4.78 is 13.0. The smallest absolute Gasteiger partial charge is 0.295 e. The van der Waals surface area contributed by atoms with E-state index >= 15 is 0 Å². The van der Waals surface area contributed by atoms with Crippen LogP contribution in [0.25, 0.3) is 0 Å². The zero-order valence-corrected chi connectivity index (χ0v) is 10.2. The number of nitro groups is 1. The fraction of sp³-hybridized carbons (Fsp3) is 0.0769. The number of halogens is 1. The van der Waals surface area contributed by atoms with Crippen molar-refractivity contribution in [3.8, 4) is 11.5 Å². The molecule has 0 bridgehead atoms. The van der Waals surface area contributed by atoms with E-state index in [1.54, 1.807) is 6.07 Å². The number of nitrogens with zero attached hydrogens (tertiary/aromatic N) is 1. The number of para-hydroxylation sites is 1. The van der Waals surface area contributed by atoms with Crippen LogP contribution in [0.4, 0.5) is 15.8 Å². The summed E-state index contributed by atoms with van der Waals surface area (Å²) in [5.74, 6) is -1.29. The first-order valence-corrected chi connectivity index (χ1v) is 5.66. The number of phenols is 2. The molecule has 0 aliphatic rings. The number of hydrogen-bond donors (Lipinski definition) is 3. The maximum Gasteiger partial charge on any atom is 0.295 e. The molecule has 0 amide bonds.